The molecule has 1 unspecified atom stereocenters. The number of carbonyl (C=O) groups excluding carboxylic acids is 1. The maximum atomic E-state index is 14.3. The monoisotopic (exact) mass is 487 g/mol. The summed E-state index contributed by atoms with van der Waals surface area (Å²) in [7, 11) is 1.77. The van der Waals surface area contributed by atoms with Crippen molar-refractivity contribution in [2.45, 2.75) is 38.3 Å². The molecule has 2 aliphatic rings. The molecule has 1 saturated heterocycles. The zero-order valence-corrected chi connectivity index (χ0v) is 20.3. The Morgan fingerprint density at radius 3 is 2.62 bits per heavy atom. The van der Waals surface area contributed by atoms with Crippen LogP contribution in [0.4, 0.5) is 15.8 Å². The Hall–Kier alpha value is -2.81. The van der Waals surface area contributed by atoms with Crippen LogP contribution in [0.15, 0.2) is 48.3 Å². The number of hydrazine groups is 1. The van der Waals surface area contributed by atoms with Crippen molar-refractivity contribution in [3.63, 3.8) is 0 Å². The van der Waals surface area contributed by atoms with E-state index in [1.807, 2.05) is 13.0 Å². The molecule has 0 saturated carbocycles. The van der Waals surface area contributed by atoms with Crippen molar-refractivity contribution in [3.05, 3.63) is 70.3 Å². The lowest BCUT2D eigenvalue weighted by Gasteiger charge is -2.39. The van der Waals surface area contributed by atoms with E-state index in [1.54, 1.807) is 18.1 Å². The number of hydrogen-bond acceptors (Lipinski definition) is 6. The molecule has 4 N–H and O–H groups in total. The minimum Gasteiger partial charge on any atom is -0.393 e. The van der Waals surface area contributed by atoms with Gasteiger partial charge in [-0.1, -0.05) is 29.8 Å². The Bertz CT molecular complexity index is 1090. The third-order valence-corrected chi connectivity index (χ3v) is 7.11. The Kier molecular flexibility index (Phi) is 7.30. The smallest absolute Gasteiger partial charge is 0.271 e. The van der Waals surface area contributed by atoms with E-state index in [0.29, 0.717) is 12.6 Å². The number of nitrogens with two attached hydrogens (primary N) is 2. The van der Waals surface area contributed by atoms with Gasteiger partial charge in [0, 0.05) is 32.4 Å². The van der Waals surface area contributed by atoms with Crippen LogP contribution < -0.4 is 21.5 Å². The van der Waals surface area contributed by atoms with Crippen LogP contribution in [-0.4, -0.2) is 43.7 Å². The summed E-state index contributed by atoms with van der Waals surface area (Å²) in [6, 6.07) is 10.6. The molecule has 4 rings (SSSR count). The van der Waals surface area contributed by atoms with Crippen LogP contribution in [0.25, 0.3) is 0 Å². The normalized spacial score (nSPS) is 19.2. The highest BCUT2D eigenvalue weighted by Crippen LogP contribution is 2.37. The highest BCUT2D eigenvalue weighted by atomic mass is 35.5. The molecule has 2 aliphatic heterocycles. The summed E-state index contributed by atoms with van der Waals surface area (Å²) in [6.45, 7) is 4.44. The van der Waals surface area contributed by atoms with Crippen LogP contribution >= 0.6 is 11.6 Å². The van der Waals surface area contributed by atoms with Gasteiger partial charge in [0.2, 0.25) is 0 Å². The second-order valence-electron chi connectivity index (χ2n) is 8.76. The molecule has 0 aromatic heterocycles. The molecule has 182 valence electrons. The van der Waals surface area contributed by atoms with E-state index in [2.05, 4.69) is 17.0 Å². The minimum atomic E-state index is -0.675. The van der Waals surface area contributed by atoms with Crippen molar-refractivity contribution >= 4 is 28.9 Å². The highest BCUT2D eigenvalue weighted by Gasteiger charge is 2.31. The predicted octanol–water partition coefficient (Wildman–Crippen LogP) is 3.72. The lowest BCUT2D eigenvalue weighted by molar-refractivity contribution is -0.129. The number of carbonyl (C=O) groups is 1. The van der Waals surface area contributed by atoms with Crippen LogP contribution in [0.5, 0.6) is 0 Å². The van der Waals surface area contributed by atoms with Crippen molar-refractivity contribution < 1.29 is 13.9 Å². The summed E-state index contributed by atoms with van der Waals surface area (Å²) in [5.74, 6) is 4.94. The second kappa shape index (κ2) is 10.2. The zero-order chi connectivity index (χ0) is 24.4. The van der Waals surface area contributed by atoms with Gasteiger partial charge in [0.15, 0.2) is 5.82 Å². The molecule has 7 nitrogen and oxygen atoms in total. The Balaban J connectivity index is 1.52. The Labute approximate surface area is 204 Å². The van der Waals surface area contributed by atoms with E-state index in [0.717, 1.165) is 42.9 Å². The predicted molar refractivity (Wildman–Crippen MR) is 133 cm³/mol. The lowest BCUT2D eigenvalue weighted by atomic mass is 9.90. The van der Waals surface area contributed by atoms with Gasteiger partial charge in [-0.3, -0.25) is 9.80 Å². The maximum absolute atomic E-state index is 14.3. The van der Waals surface area contributed by atoms with Gasteiger partial charge in [-0.2, -0.15) is 0 Å². The van der Waals surface area contributed by atoms with Crippen molar-refractivity contribution in [3.8, 4) is 0 Å². The van der Waals surface area contributed by atoms with Gasteiger partial charge in [-0.05, 0) is 55.5 Å². The fourth-order valence-corrected chi connectivity index (χ4v) is 5.06. The number of nitrogens with zero attached hydrogens (tertiary/aromatic N) is 3. The molecule has 0 spiro atoms. The molecule has 2 heterocycles. The first-order valence-electron chi connectivity index (χ1n) is 11.5. The molecule has 1 atom stereocenters. The molecule has 34 heavy (non-hydrogen) atoms. The van der Waals surface area contributed by atoms with Gasteiger partial charge >= 0.3 is 0 Å². The summed E-state index contributed by atoms with van der Waals surface area (Å²) in [4.78, 5) is 17.3. The van der Waals surface area contributed by atoms with Crippen LogP contribution in [0.3, 0.4) is 0 Å². The summed E-state index contributed by atoms with van der Waals surface area (Å²) in [5.41, 5.74) is 9.69. The number of rotatable bonds is 5. The van der Waals surface area contributed by atoms with Crippen molar-refractivity contribution in [2.24, 2.45) is 11.6 Å². The largest absolute Gasteiger partial charge is 0.393 e. The van der Waals surface area contributed by atoms with Gasteiger partial charge < -0.3 is 20.3 Å². The number of methoxy groups -OCH3 is 1. The van der Waals surface area contributed by atoms with E-state index in [4.69, 9.17) is 27.9 Å². The zero-order valence-electron chi connectivity index (χ0n) is 19.5. The fourth-order valence-electron chi connectivity index (χ4n) is 4.89. The maximum Gasteiger partial charge on any atom is 0.271 e. The summed E-state index contributed by atoms with van der Waals surface area (Å²) < 4.78 is 19.8. The fraction of sp³-hybridized carbons (Fsp3) is 0.400. The number of hydrogen-bond donors (Lipinski definition) is 2. The first-order chi connectivity index (χ1) is 16.3. The molecule has 2 aromatic rings. The van der Waals surface area contributed by atoms with Crippen LogP contribution in [0.2, 0.25) is 5.02 Å². The van der Waals surface area contributed by atoms with Crippen LogP contribution in [0, 0.1) is 5.82 Å². The van der Waals surface area contributed by atoms with E-state index in [-0.39, 0.29) is 28.4 Å². The van der Waals surface area contributed by atoms with Crippen LogP contribution in [-0.2, 0) is 16.0 Å². The third-order valence-electron chi connectivity index (χ3n) is 6.82. The van der Waals surface area contributed by atoms with E-state index < -0.39 is 5.82 Å². The van der Waals surface area contributed by atoms with Gasteiger partial charge in [0.1, 0.15) is 5.70 Å². The van der Waals surface area contributed by atoms with Gasteiger partial charge in [-0.15, -0.1) is 0 Å². The molecule has 1 amide bonds. The molecule has 0 aliphatic carbocycles. The summed E-state index contributed by atoms with van der Waals surface area (Å²) in [5, 5.41) is 0.924. The molecule has 2 aromatic carbocycles. The number of piperidine rings is 1. The highest BCUT2D eigenvalue weighted by molar-refractivity contribution is 6.31. The van der Waals surface area contributed by atoms with Crippen molar-refractivity contribution in [1.29, 1.82) is 0 Å². The van der Waals surface area contributed by atoms with E-state index >= 15 is 0 Å². The Morgan fingerprint density at radius 2 is 1.91 bits per heavy atom. The van der Waals surface area contributed by atoms with Crippen molar-refractivity contribution in [1.82, 2.24) is 4.90 Å². The number of ether oxygens (including phenoxy) is 1. The molecule has 0 radical (unpaired) electrons. The minimum absolute atomic E-state index is 0.0298. The third kappa shape index (κ3) is 4.71. The molecular formula is C25H31ClFN5O2. The summed E-state index contributed by atoms with van der Waals surface area (Å²) >= 11 is 5.84. The van der Waals surface area contributed by atoms with Gasteiger partial charge in [0.05, 0.1) is 29.1 Å². The van der Waals surface area contributed by atoms with E-state index in [9.17, 15) is 9.18 Å². The lowest BCUT2D eigenvalue weighted by Crippen LogP contribution is -2.43. The van der Waals surface area contributed by atoms with Crippen LogP contribution in [0.1, 0.15) is 36.9 Å². The average molecular weight is 488 g/mol. The molecular weight excluding hydrogens is 457 g/mol. The number of fused-ring (bicyclic) bond motifs is 1. The van der Waals surface area contributed by atoms with Gasteiger partial charge in [0.25, 0.3) is 5.91 Å². The van der Waals surface area contributed by atoms with Crippen molar-refractivity contribution in [2.75, 3.05) is 36.7 Å². The van der Waals surface area contributed by atoms with E-state index in [1.165, 1.54) is 29.6 Å². The number of amides is 1. The Morgan fingerprint density at radius 1 is 1.21 bits per heavy atom. The summed E-state index contributed by atoms with van der Waals surface area (Å²) in [6.07, 6.45) is 4.29. The second-order valence-corrected chi connectivity index (χ2v) is 9.16. The number of halogens is 2. The quantitative estimate of drug-likeness (QED) is 0.379. The topological polar surface area (TPSA) is 88.1 Å². The molecule has 0 bridgehead atoms. The number of benzene rings is 2. The molecule has 9 heteroatoms. The standard InChI is InChI=1S/C25H31ClFN5O2/c1-16-18-5-3-7-22(30-12-9-17(34-2)10-13-30)19(18)11-14-31(16)25(33)21(28)15-32(29)23-8-4-6-20(26)24(23)27/h3-8,15-17H,9-14,28-29H2,1-2H3/b21-15-. The van der Waals surface area contributed by atoms with Gasteiger partial charge in [-0.25, -0.2) is 10.2 Å². The SMILES string of the molecule is COC1CCN(c2cccc3c2CCN(C(=O)/C(N)=C/N(N)c2cccc(Cl)c2F)C3C)CC1. The average Bonchev–Trinajstić information content (AvgIpc) is 2.85. The number of anilines is 2. The molecule has 1 fully saturated rings. The first kappa shape index (κ1) is 24.3. The first-order valence-corrected chi connectivity index (χ1v) is 11.8.